The zero-order valence-electron chi connectivity index (χ0n) is 21.1. The third-order valence-electron chi connectivity index (χ3n) is 6.87. The van der Waals surface area contributed by atoms with Gasteiger partial charge in [0.1, 0.15) is 23.4 Å². The monoisotopic (exact) mass is 497 g/mol. The lowest BCUT2D eigenvalue weighted by molar-refractivity contribution is -0.140. The van der Waals surface area contributed by atoms with E-state index in [1.165, 1.54) is 4.90 Å². The summed E-state index contributed by atoms with van der Waals surface area (Å²) in [7, 11) is 0. The SMILES string of the molecule is CCCCOc1ccc([C@H]2/C(=C(\O)c3ccc4c(c3)C[C@H](C)O4)C(=O)C(=O)N2Cc2ccccc2)cc1. The van der Waals surface area contributed by atoms with Gasteiger partial charge in [0.2, 0.25) is 0 Å². The second-order valence-electron chi connectivity index (χ2n) is 9.64. The van der Waals surface area contributed by atoms with Crippen molar-refractivity contribution in [3.63, 3.8) is 0 Å². The number of hydrogen-bond acceptors (Lipinski definition) is 5. The number of ketones is 1. The number of carbonyl (C=O) groups is 2. The van der Waals surface area contributed by atoms with Crippen molar-refractivity contribution in [1.29, 1.82) is 0 Å². The Morgan fingerprint density at radius 1 is 1.05 bits per heavy atom. The lowest BCUT2D eigenvalue weighted by atomic mass is 9.94. The first kappa shape index (κ1) is 24.6. The molecule has 37 heavy (non-hydrogen) atoms. The van der Waals surface area contributed by atoms with Crippen molar-refractivity contribution in [2.24, 2.45) is 0 Å². The van der Waals surface area contributed by atoms with E-state index in [1.54, 1.807) is 6.07 Å². The van der Waals surface area contributed by atoms with Gasteiger partial charge in [-0.25, -0.2) is 0 Å². The van der Waals surface area contributed by atoms with Crippen LogP contribution in [0, 0.1) is 0 Å². The Morgan fingerprint density at radius 2 is 1.81 bits per heavy atom. The van der Waals surface area contributed by atoms with Crippen molar-refractivity contribution in [2.75, 3.05) is 6.61 Å². The number of benzene rings is 3. The number of Topliss-reactive ketones (excluding diaryl/α,β-unsaturated/α-hetero) is 1. The minimum absolute atomic E-state index is 0.0573. The van der Waals surface area contributed by atoms with E-state index in [4.69, 9.17) is 9.47 Å². The van der Waals surface area contributed by atoms with Gasteiger partial charge >= 0.3 is 0 Å². The molecule has 1 fully saturated rings. The van der Waals surface area contributed by atoms with Crippen LogP contribution < -0.4 is 9.47 Å². The second kappa shape index (κ2) is 10.5. The molecule has 0 aliphatic carbocycles. The molecule has 1 amide bonds. The average molecular weight is 498 g/mol. The van der Waals surface area contributed by atoms with Crippen LogP contribution in [0.25, 0.3) is 5.76 Å². The molecule has 0 bridgehead atoms. The number of ether oxygens (including phenoxy) is 2. The molecule has 2 aliphatic rings. The van der Waals surface area contributed by atoms with Crippen LogP contribution in [0.5, 0.6) is 11.5 Å². The van der Waals surface area contributed by atoms with Crippen LogP contribution in [0.15, 0.2) is 78.4 Å². The lowest BCUT2D eigenvalue weighted by Crippen LogP contribution is -2.29. The van der Waals surface area contributed by atoms with E-state index in [2.05, 4.69) is 6.92 Å². The van der Waals surface area contributed by atoms with Crippen molar-refractivity contribution in [2.45, 2.75) is 51.8 Å². The van der Waals surface area contributed by atoms with Crippen molar-refractivity contribution < 1.29 is 24.2 Å². The van der Waals surface area contributed by atoms with E-state index in [1.807, 2.05) is 73.7 Å². The zero-order chi connectivity index (χ0) is 25.9. The van der Waals surface area contributed by atoms with Crippen LogP contribution in [0.4, 0.5) is 0 Å². The van der Waals surface area contributed by atoms with Crippen LogP contribution in [-0.4, -0.2) is 34.4 Å². The van der Waals surface area contributed by atoms with Gasteiger partial charge in [-0.1, -0.05) is 55.8 Å². The van der Waals surface area contributed by atoms with Crippen molar-refractivity contribution >= 4 is 17.4 Å². The number of nitrogens with zero attached hydrogens (tertiary/aromatic N) is 1. The zero-order valence-corrected chi connectivity index (χ0v) is 21.1. The highest BCUT2D eigenvalue weighted by Gasteiger charge is 2.46. The molecule has 1 N–H and O–H groups in total. The topological polar surface area (TPSA) is 76.1 Å². The van der Waals surface area contributed by atoms with Crippen LogP contribution in [0.3, 0.4) is 0 Å². The largest absolute Gasteiger partial charge is 0.507 e. The number of unbranched alkanes of at least 4 members (excludes halogenated alkanes) is 1. The number of aliphatic hydroxyl groups is 1. The smallest absolute Gasteiger partial charge is 0.295 e. The van der Waals surface area contributed by atoms with Gasteiger partial charge in [-0.3, -0.25) is 9.59 Å². The summed E-state index contributed by atoms with van der Waals surface area (Å²) >= 11 is 0. The van der Waals surface area contributed by atoms with E-state index in [-0.39, 0.29) is 24.0 Å². The fraction of sp³-hybridized carbons (Fsp3) is 0.290. The van der Waals surface area contributed by atoms with Gasteiger partial charge in [-0.15, -0.1) is 0 Å². The predicted molar refractivity (Wildman–Crippen MR) is 141 cm³/mol. The standard InChI is InChI=1S/C31H31NO5/c1-3-4-16-36-25-13-10-22(11-14-25)28-27(29(33)23-12-15-26-24(18-23)17-20(2)37-26)30(34)31(35)32(28)19-21-8-6-5-7-9-21/h5-15,18,20,28,33H,3-4,16-17,19H2,1-2H3/b29-27+/t20-,28-/m0/s1. The number of aliphatic hydroxyl groups excluding tert-OH is 1. The number of hydrogen-bond donors (Lipinski definition) is 1. The van der Waals surface area contributed by atoms with Gasteiger partial charge in [0.15, 0.2) is 0 Å². The molecular weight excluding hydrogens is 466 g/mol. The predicted octanol–water partition coefficient (Wildman–Crippen LogP) is 5.81. The summed E-state index contributed by atoms with van der Waals surface area (Å²) < 4.78 is 11.6. The Kier molecular flexibility index (Phi) is 6.99. The fourth-order valence-electron chi connectivity index (χ4n) is 4.98. The Balaban J connectivity index is 1.56. The summed E-state index contributed by atoms with van der Waals surface area (Å²) in [6.45, 7) is 4.97. The second-order valence-corrected chi connectivity index (χ2v) is 9.64. The molecule has 0 spiro atoms. The normalized spacial score (nSPS) is 20.1. The minimum atomic E-state index is -0.728. The van der Waals surface area contributed by atoms with E-state index >= 15 is 0 Å². The van der Waals surface area contributed by atoms with Crippen molar-refractivity contribution in [1.82, 2.24) is 4.90 Å². The lowest BCUT2D eigenvalue weighted by Gasteiger charge is -2.25. The van der Waals surface area contributed by atoms with Gasteiger partial charge in [0.25, 0.3) is 11.7 Å². The Morgan fingerprint density at radius 3 is 2.54 bits per heavy atom. The molecule has 3 aromatic rings. The van der Waals surface area contributed by atoms with Crippen molar-refractivity contribution in [3.8, 4) is 11.5 Å². The van der Waals surface area contributed by atoms with Gasteiger partial charge in [0, 0.05) is 18.5 Å². The van der Waals surface area contributed by atoms with Crippen LogP contribution in [-0.2, 0) is 22.6 Å². The molecule has 5 rings (SSSR count). The van der Waals surface area contributed by atoms with Crippen LogP contribution in [0.1, 0.15) is 55.0 Å². The molecule has 0 radical (unpaired) electrons. The summed E-state index contributed by atoms with van der Waals surface area (Å²) in [6.07, 6.45) is 2.78. The highest BCUT2D eigenvalue weighted by Crippen LogP contribution is 2.41. The first-order valence-electron chi connectivity index (χ1n) is 12.8. The number of carbonyl (C=O) groups excluding carboxylic acids is 2. The molecule has 6 nitrogen and oxygen atoms in total. The van der Waals surface area contributed by atoms with Gasteiger partial charge in [-0.05, 0) is 60.4 Å². The van der Waals surface area contributed by atoms with Crippen LogP contribution >= 0.6 is 0 Å². The van der Waals surface area contributed by atoms with Crippen molar-refractivity contribution in [3.05, 3.63) is 101 Å². The summed E-state index contributed by atoms with van der Waals surface area (Å²) in [5.41, 5.74) is 3.20. The van der Waals surface area contributed by atoms with E-state index < -0.39 is 17.7 Å². The van der Waals surface area contributed by atoms with E-state index in [0.29, 0.717) is 12.2 Å². The molecular formula is C31H31NO5. The Hall–Kier alpha value is -4.06. The summed E-state index contributed by atoms with van der Waals surface area (Å²) in [5, 5.41) is 11.4. The maximum Gasteiger partial charge on any atom is 0.295 e. The van der Waals surface area contributed by atoms with Crippen LogP contribution in [0.2, 0.25) is 0 Å². The third-order valence-corrected chi connectivity index (χ3v) is 6.87. The highest BCUT2D eigenvalue weighted by molar-refractivity contribution is 6.46. The first-order valence-corrected chi connectivity index (χ1v) is 12.8. The molecule has 6 heteroatoms. The third kappa shape index (κ3) is 4.96. The Labute approximate surface area is 217 Å². The summed E-state index contributed by atoms with van der Waals surface area (Å²) in [4.78, 5) is 28.2. The molecule has 3 aromatic carbocycles. The molecule has 2 aliphatic heterocycles. The summed E-state index contributed by atoms with van der Waals surface area (Å²) in [5.74, 6) is 0.0156. The molecule has 2 atom stereocenters. The first-order chi connectivity index (χ1) is 18.0. The summed E-state index contributed by atoms with van der Waals surface area (Å²) in [6, 6.07) is 21.6. The maximum absolute atomic E-state index is 13.4. The molecule has 0 aromatic heterocycles. The van der Waals surface area contributed by atoms with Gasteiger partial charge < -0.3 is 19.5 Å². The quantitative estimate of drug-likeness (QED) is 0.184. The molecule has 1 saturated heterocycles. The molecule has 190 valence electrons. The molecule has 0 saturated carbocycles. The molecule has 0 unspecified atom stereocenters. The molecule has 2 heterocycles. The van der Waals surface area contributed by atoms with Gasteiger partial charge in [-0.2, -0.15) is 0 Å². The average Bonchev–Trinajstić information content (AvgIpc) is 3.40. The van der Waals surface area contributed by atoms with E-state index in [9.17, 15) is 14.7 Å². The number of rotatable bonds is 8. The Bertz CT molecular complexity index is 1330. The number of likely N-dealkylation sites (tertiary alicyclic amines) is 1. The van der Waals surface area contributed by atoms with E-state index in [0.717, 1.165) is 47.5 Å². The minimum Gasteiger partial charge on any atom is -0.507 e. The highest BCUT2D eigenvalue weighted by atomic mass is 16.5. The maximum atomic E-state index is 13.4. The van der Waals surface area contributed by atoms with Gasteiger partial charge in [0.05, 0.1) is 18.2 Å². The fourth-order valence-corrected chi connectivity index (χ4v) is 4.98. The number of amides is 1. The number of fused-ring (bicyclic) bond motifs is 1.